The van der Waals surface area contributed by atoms with Gasteiger partial charge in [0, 0.05) is 0 Å². The molecule has 2 atom stereocenters. The Labute approximate surface area is 234 Å². The molecule has 11 heteroatoms. The van der Waals surface area contributed by atoms with E-state index in [1.807, 2.05) is 0 Å². The molecule has 0 aromatic carbocycles. The first-order valence-corrected chi connectivity index (χ1v) is 14.6. The molecule has 0 N–H and O–H groups in total. The quantitative estimate of drug-likeness (QED) is 0.120. The Kier molecular flexibility index (Phi) is 30.4. The maximum absolute atomic E-state index is 10.4. The van der Waals surface area contributed by atoms with Crippen LogP contribution in [0.2, 0.25) is 0 Å². The number of carbonyl (C=O) groups excluding carboxylic acids is 4. The molecule has 10 nitrogen and oxygen atoms in total. The summed E-state index contributed by atoms with van der Waals surface area (Å²) in [6, 6.07) is 0. The van der Waals surface area contributed by atoms with Gasteiger partial charge in [0.2, 0.25) is 0 Å². The first kappa shape index (κ1) is 40.3. The Morgan fingerprint density at radius 2 is 0.946 bits per heavy atom. The molecule has 0 radical (unpaired) electrons. The summed E-state index contributed by atoms with van der Waals surface area (Å²) in [5.74, 6) is -5.04. The molecule has 0 rings (SSSR count). The van der Waals surface area contributed by atoms with Crippen molar-refractivity contribution in [3.05, 3.63) is 0 Å². The zero-order valence-electron chi connectivity index (χ0n) is 24.3. The van der Waals surface area contributed by atoms with Gasteiger partial charge in [-0.3, -0.25) is 9.59 Å². The fraction of sp³-hybridized carbons (Fsp3) is 0.846. The van der Waals surface area contributed by atoms with Crippen molar-refractivity contribution in [3.63, 3.8) is 0 Å². The fourth-order valence-corrected chi connectivity index (χ4v) is 4.01. The summed E-state index contributed by atoms with van der Waals surface area (Å²) in [5, 5.41) is 20.1. The monoisotopic (exact) mass is 566 g/mol. The molecule has 0 heterocycles. The van der Waals surface area contributed by atoms with Crippen LogP contribution in [0.15, 0.2) is 0 Å². The van der Waals surface area contributed by atoms with E-state index in [0.29, 0.717) is 12.8 Å². The van der Waals surface area contributed by atoms with Crippen molar-refractivity contribution in [3.8, 4) is 0 Å². The number of carboxylic acids is 2. The average Bonchev–Trinajstić information content (AvgIpc) is 2.83. The zero-order valence-corrected chi connectivity index (χ0v) is 25.9. The number of nitrogens with zero attached hydrogens (tertiary/aromatic N) is 2. The van der Waals surface area contributed by atoms with Gasteiger partial charge in [-0.05, 0) is 26.7 Å². The van der Waals surface area contributed by atoms with Crippen molar-refractivity contribution in [1.29, 1.82) is 0 Å². The van der Waals surface area contributed by atoms with Crippen LogP contribution in [0.5, 0.6) is 0 Å². The van der Waals surface area contributed by atoms with Crippen LogP contribution in [0, 0.1) is 11.8 Å². The zero-order chi connectivity index (χ0) is 29.2. The van der Waals surface area contributed by atoms with Crippen LogP contribution >= 0.6 is 0 Å². The third-order valence-electron chi connectivity index (χ3n) is 5.72. The van der Waals surface area contributed by atoms with E-state index in [4.69, 9.17) is 6.64 Å². The number of ketones is 2. The van der Waals surface area contributed by atoms with E-state index < -0.39 is 43.7 Å². The molecular weight excluding hydrogens is 516 g/mol. The molecule has 0 saturated carbocycles. The number of carbonyl (C=O) groups is 4. The molecule has 0 aliphatic rings. The minimum atomic E-state index is -1.27. The first-order chi connectivity index (χ1) is 17.5. The van der Waals surface area contributed by atoms with Crippen LogP contribution in [0.4, 0.5) is 0 Å². The molecule has 0 aromatic heterocycles. The van der Waals surface area contributed by atoms with Gasteiger partial charge in [-0.1, -0.05) is 13.8 Å². The van der Waals surface area contributed by atoms with Crippen molar-refractivity contribution in [2.24, 2.45) is 11.8 Å². The Morgan fingerprint density at radius 3 is 1.11 bits per heavy atom. The van der Waals surface area contributed by atoms with Crippen molar-refractivity contribution >= 4 is 23.5 Å². The third kappa shape index (κ3) is 24.9. The van der Waals surface area contributed by atoms with Gasteiger partial charge >= 0.3 is 129 Å². The summed E-state index contributed by atoms with van der Waals surface area (Å²) in [4.78, 5) is 45.7. The molecule has 0 fully saturated rings. The molecule has 0 aliphatic heterocycles. The van der Waals surface area contributed by atoms with E-state index in [2.05, 4.69) is 37.5 Å². The number of rotatable bonds is 20. The summed E-state index contributed by atoms with van der Waals surface area (Å²) in [7, 11) is 0. The molecule has 0 saturated heterocycles. The molecule has 216 valence electrons. The molecule has 0 spiro atoms. The van der Waals surface area contributed by atoms with Gasteiger partial charge in [0.05, 0.1) is 23.8 Å². The Bertz CT molecular complexity index is 521. The van der Waals surface area contributed by atoms with Crippen LogP contribution in [0.3, 0.4) is 0 Å². The van der Waals surface area contributed by atoms with Crippen LogP contribution < -0.4 is 10.2 Å². The Hall–Kier alpha value is -1.17. The van der Waals surface area contributed by atoms with Crippen LogP contribution in [0.1, 0.15) is 81.1 Å². The summed E-state index contributed by atoms with van der Waals surface area (Å²) >= 11 is -0.622. The fourth-order valence-electron chi connectivity index (χ4n) is 3.17. The normalized spacial score (nSPS) is 11.9. The SMILES string of the molecule is CCC(C(C)=O)C(=O)[O-].CCC(C(C)=O)C(=O)[O-].CCN(CC)CCC[O][Ti+2][O]CCCN(CC)CC. The Balaban J connectivity index is -0.000000534. The average molecular weight is 567 g/mol. The van der Waals surface area contributed by atoms with Crippen molar-refractivity contribution in [2.75, 3.05) is 52.5 Å². The topological polar surface area (TPSA) is 139 Å². The van der Waals surface area contributed by atoms with Crippen LogP contribution in [-0.2, 0) is 45.7 Å². The number of aliphatic carboxylic acids is 2. The van der Waals surface area contributed by atoms with E-state index in [-0.39, 0.29) is 11.6 Å². The summed E-state index contributed by atoms with van der Waals surface area (Å²) in [6.45, 7) is 23.1. The first-order valence-electron chi connectivity index (χ1n) is 13.3. The van der Waals surface area contributed by atoms with Gasteiger partial charge in [-0.25, -0.2) is 0 Å². The number of hydrogen-bond donors (Lipinski definition) is 0. The molecule has 0 aromatic rings. The minimum absolute atomic E-state index is 0.317. The van der Waals surface area contributed by atoms with E-state index in [0.717, 1.165) is 65.3 Å². The van der Waals surface area contributed by atoms with Gasteiger partial charge in [-0.2, -0.15) is 0 Å². The van der Waals surface area contributed by atoms with Crippen molar-refractivity contribution in [2.45, 2.75) is 81.1 Å². The van der Waals surface area contributed by atoms with Crippen molar-refractivity contribution < 1.29 is 56.0 Å². The number of carboxylic acid groups (broad SMARTS) is 2. The maximum atomic E-state index is 10.4. The molecule has 0 aliphatic carbocycles. The van der Waals surface area contributed by atoms with Gasteiger partial charge in [0.1, 0.15) is 11.6 Å². The van der Waals surface area contributed by atoms with Crippen molar-refractivity contribution in [1.82, 2.24) is 9.80 Å². The molecule has 0 bridgehead atoms. The predicted molar refractivity (Wildman–Crippen MR) is 136 cm³/mol. The Morgan fingerprint density at radius 1 is 0.649 bits per heavy atom. The van der Waals surface area contributed by atoms with Gasteiger partial charge in [0.15, 0.2) is 0 Å². The molecule has 0 amide bonds. The van der Waals surface area contributed by atoms with Gasteiger partial charge < -0.3 is 19.8 Å². The summed E-state index contributed by atoms with van der Waals surface area (Å²) < 4.78 is 11.2. The molecule has 2 unspecified atom stereocenters. The summed E-state index contributed by atoms with van der Waals surface area (Å²) in [5.41, 5.74) is 0. The van der Waals surface area contributed by atoms with E-state index in [1.165, 1.54) is 13.8 Å². The van der Waals surface area contributed by atoms with Gasteiger partial charge in [0.25, 0.3) is 0 Å². The standard InChI is InChI=1S/2C7H16NO.2C6H10O3.Ti/c2*1-3-8(4-2)6-5-7-9;2*1-3-5(4(2)7)6(8)9;/h2*3-7H2,1-2H3;2*5H,3H2,1-2H3,(H,8,9);/q2*-1;;;+4/p-2. The van der Waals surface area contributed by atoms with E-state index >= 15 is 0 Å². The number of Topliss-reactive ketones (excluding diaryl/α,β-unsaturated/α-hetero) is 2. The second kappa shape index (κ2) is 27.9. The van der Waals surface area contributed by atoms with Crippen LogP contribution in [0.25, 0.3) is 0 Å². The third-order valence-corrected chi connectivity index (χ3v) is 6.72. The van der Waals surface area contributed by atoms with E-state index in [9.17, 15) is 29.4 Å². The van der Waals surface area contributed by atoms with E-state index in [1.54, 1.807) is 13.8 Å². The van der Waals surface area contributed by atoms with Gasteiger partial charge in [-0.15, -0.1) is 0 Å². The predicted octanol–water partition coefficient (Wildman–Crippen LogP) is 1.10. The molecule has 37 heavy (non-hydrogen) atoms. The second-order valence-electron chi connectivity index (χ2n) is 8.32. The number of hydrogen-bond acceptors (Lipinski definition) is 10. The molecular formula is C26H50N2O8Ti. The van der Waals surface area contributed by atoms with Crippen LogP contribution in [-0.4, -0.2) is 85.8 Å². The summed E-state index contributed by atoms with van der Waals surface area (Å²) in [6.07, 6.45) is 2.87. The second-order valence-corrected chi connectivity index (χ2v) is 9.48.